The van der Waals surface area contributed by atoms with Crippen molar-refractivity contribution in [1.82, 2.24) is 15.5 Å². The summed E-state index contributed by atoms with van der Waals surface area (Å²) in [4.78, 5) is 15.9. The first-order valence-corrected chi connectivity index (χ1v) is 9.51. The highest BCUT2D eigenvalue weighted by atomic mass is 35.5. The fourth-order valence-electron chi connectivity index (χ4n) is 3.30. The van der Waals surface area contributed by atoms with Crippen LogP contribution < -0.4 is 15.5 Å². The highest BCUT2D eigenvalue weighted by Gasteiger charge is 2.43. The van der Waals surface area contributed by atoms with E-state index in [-0.39, 0.29) is 24.8 Å². The van der Waals surface area contributed by atoms with E-state index in [1.54, 1.807) is 12.1 Å². The number of halogens is 5. The Balaban J connectivity index is 0.00000392. The zero-order valence-corrected chi connectivity index (χ0v) is 18.4. The molecule has 10 heteroatoms. The summed E-state index contributed by atoms with van der Waals surface area (Å²) < 4.78 is 40.2. The van der Waals surface area contributed by atoms with Crippen molar-refractivity contribution in [2.24, 2.45) is 0 Å². The molecular formula is C19H31Cl2F3N4O. The quantitative estimate of drug-likeness (QED) is 0.627. The van der Waals surface area contributed by atoms with Gasteiger partial charge in [0.25, 0.3) is 5.91 Å². The molecule has 1 heterocycles. The Kier molecular flexibility index (Phi) is 12.6. The van der Waals surface area contributed by atoms with Gasteiger partial charge in [-0.1, -0.05) is 6.92 Å². The number of piperazine rings is 1. The van der Waals surface area contributed by atoms with Crippen LogP contribution >= 0.6 is 24.8 Å². The molecular weight excluding hydrogens is 428 g/mol. The Hall–Kier alpha value is -1.22. The molecule has 1 aromatic carbocycles. The topological polar surface area (TPSA) is 47.6 Å². The fourth-order valence-corrected chi connectivity index (χ4v) is 3.30. The number of carbonyl (C=O) groups excluding carboxylic acids is 1. The second-order valence-electron chi connectivity index (χ2n) is 6.68. The maximum absolute atomic E-state index is 13.4. The van der Waals surface area contributed by atoms with Gasteiger partial charge in [0.05, 0.1) is 0 Å². The summed E-state index contributed by atoms with van der Waals surface area (Å²) in [6.07, 6.45) is -3.36. The Morgan fingerprint density at radius 3 is 2.24 bits per heavy atom. The first-order chi connectivity index (χ1) is 12.9. The van der Waals surface area contributed by atoms with Gasteiger partial charge in [0.1, 0.15) is 6.04 Å². The van der Waals surface area contributed by atoms with Crippen LogP contribution in [0.2, 0.25) is 0 Å². The highest BCUT2D eigenvalue weighted by molar-refractivity contribution is 5.94. The van der Waals surface area contributed by atoms with Crippen molar-refractivity contribution in [3.05, 3.63) is 29.8 Å². The predicted molar refractivity (Wildman–Crippen MR) is 116 cm³/mol. The third-order valence-electron chi connectivity index (χ3n) is 4.80. The molecule has 1 aliphatic rings. The molecule has 1 saturated heterocycles. The van der Waals surface area contributed by atoms with Crippen LogP contribution in [0.25, 0.3) is 0 Å². The molecule has 1 aliphatic heterocycles. The lowest BCUT2D eigenvalue weighted by molar-refractivity contribution is -0.183. The zero-order valence-electron chi connectivity index (χ0n) is 16.8. The first kappa shape index (κ1) is 27.8. The highest BCUT2D eigenvalue weighted by Crippen LogP contribution is 2.25. The number of alkyl halides is 3. The van der Waals surface area contributed by atoms with Crippen molar-refractivity contribution >= 4 is 36.4 Å². The van der Waals surface area contributed by atoms with Crippen LogP contribution in [0.3, 0.4) is 0 Å². The van der Waals surface area contributed by atoms with E-state index in [2.05, 4.69) is 29.4 Å². The smallest absolute Gasteiger partial charge is 0.372 e. The number of hydrogen-bond acceptors (Lipinski definition) is 4. The minimum Gasteiger partial charge on any atom is -0.372 e. The SMILES string of the molecule is CCCN(CC)c1ccc(C(=O)NCC(N2CCNCC2)C(F)(F)F)cc1.Cl.Cl. The minimum absolute atomic E-state index is 0. The largest absolute Gasteiger partial charge is 0.405 e. The lowest BCUT2D eigenvalue weighted by Crippen LogP contribution is -2.57. The van der Waals surface area contributed by atoms with E-state index in [4.69, 9.17) is 0 Å². The van der Waals surface area contributed by atoms with Gasteiger partial charge in [0, 0.05) is 57.1 Å². The van der Waals surface area contributed by atoms with E-state index < -0.39 is 24.7 Å². The van der Waals surface area contributed by atoms with Crippen LogP contribution in [-0.2, 0) is 0 Å². The number of rotatable bonds is 8. The first-order valence-electron chi connectivity index (χ1n) is 9.51. The van der Waals surface area contributed by atoms with E-state index >= 15 is 0 Å². The van der Waals surface area contributed by atoms with E-state index in [1.165, 1.54) is 4.90 Å². The van der Waals surface area contributed by atoms with Gasteiger partial charge in [-0.25, -0.2) is 0 Å². The monoisotopic (exact) mass is 458 g/mol. The summed E-state index contributed by atoms with van der Waals surface area (Å²) >= 11 is 0. The Bertz CT molecular complexity index is 596. The minimum atomic E-state index is -4.38. The number of carbonyl (C=O) groups is 1. The number of nitrogens with zero attached hydrogens (tertiary/aromatic N) is 2. The molecule has 1 atom stereocenters. The van der Waals surface area contributed by atoms with Crippen molar-refractivity contribution in [2.45, 2.75) is 32.5 Å². The molecule has 1 aromatic rings. The molecule has 29 heavy (non-hydrogen) atoms. The third kappa shape index (κ3) is 8.20. The number of anilines is 1. The van der Waals surface area contributed by atoms with Gasteiger partial charge in [-0.3, -0.25) is 9.69 Å². The van der Waals surface area contributed by atoms with Crippen LogP contribution in [0.15, 0.2) is 24.3 Å². The third-order valence-corrected chi connectivity index (χ3v) is 4.80. The maximum atomic E-state index is 13.4. The van der Waals surface area contributed by atoms with Crippen LogP contribution in [0, 0.1) is 0 Å². The van der Waals surface area contributed by atoms with Gasteiger partial charge in [0.15, 0.2) is 0 Å². The molecule has 0 radical (unpaired) electrons. The molecule has 0 aliphatic carbocycles. The second-order valence-corrected chi connectivity index (χ2v) is 6.68. The van der Waals surface area contributed by atoms with Gasteiger partial charge < -0.3 is 15.5 Å². The molecule has 1 amide bonds. The summed E-state index contributed by atoms with van der Waals surface area (Å²) in [5, 5.41) is 5.50. The summed E-state index contributed by atoms with van der Waals surface area (Å²) in [7, 11) is 0. The van der Waals surface area contributed by atoms with Crippen molar-refractivity contribution in [3.8, 4) is 0 Å². The average Bonchev–Trinajstić information content (AvgIpc) is 2.66. The van der Waals surface area contributed by atoms with E-state index in [0.29, 0.717) is 31.7 Å². The molecule has 2 N–H and O–H groups in total. The molecule has 0 spiro atoms. The van der Waals surface area contributed by atoms with E-state index in [1.807, 2.05) is 12.1 Å². The molecule has 0 bridgehead atoms. The van der Waals surface area contributed by atoms with Gasteiger partial charge in [-0.15, -0.1) is 24.8 Å². The average molecular weight is 459 g/mol. The second kappa shape index (κ2) is 13.2. The molecule has 2 rings (SSSR count). The van der Waals surface area contributed by atoms with Gasteiger partial charge in [0.2, 0.25) is 0 Å². The lowest BCUT2D eigenvalue weighted by atomic mass is 10.1. The summed E-state index contributed by atoms with van der Waals surface area (Å²) in [6, 6.07) is 5.34. The number of benzene rings is 1. The van der Waals surface area contributed by atoms with E-state index in [0.717, 1.165) is 25.2 Å². The van der Waals surface area contributed by atoms with Crippen LogP contribution in [0.5, 0.6) is 0 Å². The molecule has 5 nitrogen and oxygen atoms in total. The summed E-state index contributed by atoms with van der Waals surface area (Å²) in [5.74, 6) is -0.482. The Morgan fingerprint density at radius 2 is 1.76 bits per heavy atom. The van der Waals surface area contributed by atoms with E-state index in [9.17, 15) is 18.0 Å². The summed E-state index contributed by atoms with van der Waals surface area (Å²) in [6.45, 7) is 7.17. The van der Waals surface area contributed by atoms with Gasteiger partial charge in [-0.2, -0.15) is 13.2 Å². The molecule has 168 valence electrons. The normalized spacial score (nSPS) is 15.6. The van der Waals surface area contributed by atoms with Crippen LogP contribution in [0.4, 0.5) is 18.9 Å². The number of nitrogens with one attached hydrogen (secondary N) is 2. The molecule has 1 fully saturated rings. The summed E-state index contributed by atoms with van der Waals surface area (Å²) in [5.41, 5.74) is 1.37. The molecule has 0 saturated carbocycles. The predicted octanol–water partition coefficient (Wildman–Crippen LogP) is 3.33. The van der Waals surface area contributed by atoms with Crippen LogP contribution in [-0.4, -0.2) is 68.8 Å². The lowest BCUT2D eigenvalue weighted by Gasteiger charge is -2.35. The fraction of sp³-hybridized carbons (Fsp3) is 0.632. The zero-order chi connectivity index (χ0) is 19.9. The molecule has 1 unspecified atom stereocenters. The maximum Gasteiger partial charge on any atom is 0.405 e. The van der Waals surface area contributed by atoms with Gasteiger partial charge in [-0.05, 0) is 37.6 Å². The van der Waals surface area contributed by atoms with Crippen molar-refractivity contribution in [2.75, 3.05) is 50.7 Å². The standard InChI is InChI=1S/C19H29F3N4O.2ClH/c1-3-11-25(4-2)16-7-5-15(6-8-16)18(27)24-14-17(19(20,21)22)26-12-9-23-10-13-26;;/h5-8,17,23H,3-4,9-14H2,1-2H3,(H,24,27);2*1H. The van der Waals surface area contributed by atoms with Crippen molar-refractivity contribution < 1.29 is 18.0 Å². The van der Waals surface area contributed by atoms with Gasteiger partial charge >= 0.3 is 6.18 Å². The molecule has 0 aromatic heterocycles. The van der Waals surface area contributed by atoms with Crippen molar-refractivity contribution in [1.29, 1.82) is 0 Å². The van der Waals surface area contributed by atoms with Crippen molar-refractivity contribution in [3.63, 3.8) is 0 Å². The number of amides is 1. The Morgan fingerprint density at radius 1 is 1.17 bits per heavy atom. The number of hydrogen-bond donors (Lipinski definition) is 2. The van der Waals surface area contributed by atoms with Crippen LogP contribution in [0.1, 0.15) is 30.6 Å². The Labute approximate surface area is 183 Å².